The molecule has 0 fully saturated rings. The molecule has 7 heteroatoms. The lowest BCUT2D eigenvalue weighted by atomic mass is 10.0. The van der Waals surface area contributed by atoms with E-state index in [1.165, 1.54) is 17.3 Å². The summed E-state index contributed by atoms with van der Waals surface area (Å²) in [6, 6.07) is 29.9. The number of hydrogen-bond donors (Lipinski definition) is 3. The Hall–Kier alpha value is -4.62. The number of para-hydroxylation sites is 1. The Labute approximate surface area is 258 Å². The van der Waals surface area contributed by atoms with Crippen LogP contribution in [-0.4, -0.2) is 23.0 Å². The van der Waals surface area contributed by atoms with Gasteiger partial charge in [-0.2, -0.15) is 0 Å². The van der Waals surface area contributed by atoms with E-state index < -0.39 is 5.91 Å². The van der Waals surface area contributed by atoms with Crippen molar-refractivity contribution in [2.45, 2.75) is 50.7 Å². The predicted molar refractivity (Wildman–Crippen MR) is 177 cm³/mol. The molecule has 6 nitrogen and oxygen atoms in total. The first-order valence-corrected chi connectivity index (χ1v) is 15.1. The molecule has 4 aromatic carbocycles. The predicted octanol–water partition coefficient (Wildman–Crippen LogP) is 7.96. The molecule has 1 unspecified atom stereocenters. The molecule has 0 aromatic heterocycles. The Morgan fingerprint density at radius 3 is 2.05 bits per heavy atom. The van der Waals surface area contributed by atoms with Crippen molar-refractivity contribution in [3.8, 4) is 0 Å². The van der Waals surface area contributed by atoms with Gasteiger partial charge in [-0.3, -0.25) is 14.4 Å². The van der Waals surface area contributed by atoms with Crippen molar-refractivity contribution >= 4 is 46.9 Å². The maximum Gasteiger partial charge on any atom is 0.272 e. The highest BCUT2D eigenvalue weighted by Gasteiger charge is 2.18. The van der Waals surface area contributed by atoms with Crippen molar-refractivity contribution in [2.24, 2.45) is 0 Å². The quantitative estimate of drug-likeness (QED) is 0.129. The average molecular weight is 592 g/mol. The van der Waals surface area contributed by atoms with E-state index >= 15 is 0 Å². The number of carbonyl (C=O) groups is 3. The van der Waals surface area contributed by atoms with Crippen molar-refractivity contribution in [2.75, 3.05) is 10.6 Å². The summed E-state index contributed by atoms with van der Waals surface area (Å²) >= 11 is 1.40. The number of nitrogens with one attached hydrogen (secondary N) is 3. The highest BCUT2D eigenvalue weighted by molar-refractivity contribution is 8.00. The first-order valence-electron chi connectivity index (χ1n) is 14.2. The minimum atomic E-state index is -0.458. The zero-order chi connectivity index (χ0) is 30.9. The number of hydrogen-bond acceptors (Lipinski definition) is 4. The van der Waals surface area contributed by atoms with E-state index in [4.69, 9.17) is 0 Å². The first-order chi connectivity index (χ1) is 20.6. The van der Waals surface area contributed by atoms with Gasteiger partial charge >= 0.3 is 0 Å². The van der Waals surface area contributed by atoms with E-state index in [2.05, 4.69) is 29.8 Å². The molecule has 0 aliphatic rings. The molecule has 0 radical (unpaired) electrons. The molecule has 43 heavy (non-hydrogen) atoms. The van der Waals surface area contributed by atoms with Gasteiger partial charge in [0.05, 0.1) is 5.25 Å². The summed E-state index contributed by atoms with van der Waals surface area (Å²) in [5, 5.41) is 8.37. The van der Waals surface area contributed by atoms with Crippen molar-refractivity contribution in [1.82, 2.24) is 5.32 Å². The minimum absolute atomic E-state index is 0.103. The number of aryl methyl sites for hydroxylation is 2. The first kappa shape index (κ1) is 31.3. The van der Waals surface area contributed by atoms with Crippen LogP contribution >= 0.6 is 11.8 Å². The summed E-state index contributed by atoms with van der Waals surface area (Å²) in [4.78, 5) is 40.3. The third kappa shape index (κ3) is 8.69. The maximum absolute atomic E-state index is 13.5. The SMILES string of the molecule is Cc1cccc(C)c1NC(=O)C(C)Sc1cccc(NC(=O)/C(=C\c2ccc(C(C)C)cc2)NC(=O)c2ccccc2)c1. The van der Waals surface area contributed by atoms with Gasteiger partial charge in [0.15, 0.2) is 0 Å². The molecule has 220 valence electrons. The Balaban J connectivity index is 1.50. The zero-order valence-corrected chi connectivity index (χ0v) is 25.9. The molecule has 3 N–H and O–H groups in total. The van der Waals surface area contributed by atoms with Crippen LogP contribution in [0.1, 0.15) is 59.3 Å². The molecule has 3 amide bonds. The fourth-order valence-corrected chi connectivity index (χ4v) is 5.35. The van der Waals surface area contributed by atoms with Crippen molar-refractivity contribution in [1.29, 1.82) is 0 Å². The average Bonchev–Trinajstić information content (AvgIpc) is 2.99. The molecule has 4 rings (SSSR count). The molecule has 0 heterocycles. The van der Waals surface area contributed by atoms with Gasteiger partial charge in [0.25, 0.3) is 11.8 Å². The second kappa shape index (κ2) is 14.5. The van der Waals surface area contributed by atoms with Gasteiger partial charge in [-0.25, -0.2) is 0 Å². The number of benzene rings is 4. The van der Waals surface area contributed by atoms with E-state index in [1.807, 2.05) is 87.5 Å². The second-order valence-electron chi connectivity index (χ2n) is 10.7. The summed E-state index contributed by atoms with van der Waals surface area (Å²) in [5.74, 6) is -0.563. The molecule has 0 saturated carbocycles. The molecule has 0 spiro atoms. The highest BCUT2D eigenvalue weighted by Crippen LogP contribution is 2.28. The lowest BCUT2D eigenvalue weighted by molar-refractivity contribution is -0.115. The van der Waals surface area contributed by atoms with E-state index in [0.29, 0.717) is 17.2 Å². The van der Waals surface area contributed by atoms with E-state index in [9.17, 15) is 14.4 Å². The van der Waals surface area contributed by atoms with Crippen LogP contribution in [0.15, 0.2) is 108 Å². The molecule has 0 aliphatic carbocycles. The van der Waals surface area contributed by atoms with Crippen LogP contribution in [0.4, 0.5) is 11.4 Å². The molecular formula is C36H37N3O3S. The third-order valence-corrected chi connectivity index (χ3v) is 8.04. The van der Waals surface area contributed by atoms with Gasteiger partial charge in [-0.15, -0.1) is 11.8 Å². The molecule has 0 bridgehead atoms. The van der Waals surface area contributed by atoms with Crippen LogP contribution < -0.4 is 16.0 Å². The maximum atomic E-state index is 13.5. The standard InChI is InChI=1S/C36H37N3O3S/c1-23(2)28-19-17-27(18-20-28)21-32(38-35(41)29-13-7-6-8-14-29)36(42)37-30-15-10-16-31(22-30)43-26(5)34(40)39-33-24(3)11-9-12-25(33)4/h6-23,26H,1-5H3,(H,37,42)(H,38,41)(H,39,40)/b32-21+. The number of anilines is 2. The fraction of sp³-hybridized carbons (Fsp3) is 0.194. The van der Waals surface area contributed by atoms with E-state index in [0.717, 1.165) is 27.3 Å². The number of thioether (sulfide) groups is 1. The largest absolute Gasteiger partial charge is 0.325 e. The Kier molecular flexibility index (Phi) is 10.6. The van der Waals surface area contributed by atoms with Gasteiger partial charge in [0.1, 0.15) is 5.70 Å². The van der Waals surface area contributed by atoms with Gasteiger partial charge in [0, 0.05) is 21.8 Å². The van der Waals surface area contributed by atoms with Crippen LogP contribution in [0.25, 0.3) is 6.08 Å². The van der Waals surface area contributed by atoms with Gasteiger partial charge in [-0.05, 0) is 85.4 Å². The van der Waals surface area contributed by atoms with Gasteiger partial charge in [0.2, 0.25) is 5.91 Å². The number of rotatable bonds is 10. The topological polar surface area (TPSA) is 87.3 Å². The fourth-order valence-electron chi connectivity index (χ4n) is 4.43. The smallest absolute Gasteiger partial charge is 0.272 e. The van der Waals surface area contributed by atoms with Gasteiger partial charge < -0.3 is 16.0 Å². The second-order valence-corrected chi connectivity index (χ2v) is 12.1. The lowest BCUT2D eigenvalue weighted by Crippen LogP contribution is -2.30. The highest BCUT2D eigenvalue weighted by atomic mass is 32.2. The van der Waals surface area contributed by atoms with Crippen LogP contribution in [0.5, 0.6) is 0 Å². The van der Waals surface area contributed by atoms with E-state index in [-0.39, 0.29) is 22.8 Å². The summed E-state index contributed by atoms with van der Waals surface area (Å²) in [6.45, 7) is 10.0. The summed E-state index contributed by atoms with van der Waals surface area (Å²) in [7, 11) is 0. The third-order valence-electron chi connectivity index (χ3n) is 6.95. The van der Waals surface area contributed by atoms with Crippen LogP contribution in [0.2, 0.25) is 0 Å². The number of amides is 3. The van der Waals surface area contributed by atoms with Gasteiger partial charge in [-0.1, -0.05) is 80.6 Å². The summed E-state index contributed by atoms with van der Waals surface area (Å²) in [5.41, 5.74) is 5.93. The lowest BCUT2D eigenvalue weighted by Gasteiger charge is -2.16. The van der Waals surface area contributed by atoms with E-state index in [1.54, 1.807) is 36.4 Å². The Bertz CT molecular complexity index is 1610. The Morgan fingerprint density at radius 1 is 0.744 bits per heavy atom. The molecular weight excluding hydrogens is 554 g/mol. The summed E-state index contributed by atoms with van der Waals surface area (Å²) < 4.78 is 0. The van der Waals surface area contributed by atoms with Crippen molar-refractivity contribution in [3.05, 3.63) is 131 Å². The molecule has 0 saturated heterocycles. The molecule has 1 atom stereocenters. The zero-order valence-electron chi connectivity index (χ0n) is 25.1. The molecule has 0 aliphatic heterocycles. The number of carbonyl (C=O) groups excluding carboxylic acids is 3. The van der Waals surface area contributed by atoms with Crippen LogP contribution in [0, 0.1) is 13.8 Å². The summed E-state index contributed by atoms with van der Waals surface area (Å²) in [6.07, 6.45) is 1.67. The Morgan fingerprint density at radius 2 is 1.40 bits per heavy atom. The van der Waals surface area contributed by atoms with Crippen molar-refractivity contribution in [3.63, 3.8) is 0 Å². The van der Waals surface area contributed by atoms with Crippen LogP contribution in [-0.2, 0) is 9.59 Å². The monoisotopic (exact) mass is 591 g/mol. The van der Waals surface area contributed by atoms with Crippen molar-refractivity contribution < 1.29 is 14.4 Å². The normalized spacial score (nSPS) is 12.0. The minimum Gasteiger partial charge on any atom is -0.325 e. The van der Waals surface area contributed by atoms with Crippen LogP contribution in [0.3, 0.4) is 0 Å². The molecule has 4 aromatic rings.